The number of nitrogens with zero attached hydrogens (tertiary/aromatic N) is 2. The van der Waals surface area contributed by atoms with Crippen molar-refractivity contribution in [3.8, 4) is 0 Å². The Morgan fingerprint density at radius 3 is 2.19 bits per heavy atom. The fourth-order valence-electron chi connectivity index (χ4n) is 3.40. The molecule has 2 rings (SSSR count). The maximum absolute atomic E-state index is 13.5. The monoisotopic (exact) mass is 423 g/mol. The zero-order chi connectivity index (χ0) is 23.3. The van der Waals surface area contributed by atoms with Crippen LogP contribution in [0.5, 0.6) is 0 Å². The SMILES string of the molecule is Cc1cccc(C(=O)N(Cc2cc(NC(=O)C(C)C)ccc2N(C)C)[C@@H](C)C(C)C)c1. The first-order chi connectivity index (χ1) is 14.5. The normalized spacial score (nSPS) is 12.1. The second kappa shape index (κ2) is 10.5. The Labute approximate surface area is 187 Å². The van der Waals surface area contributed by atoms with Crippen molar-refractivity contribution in [2.45, 2.75) is 54.1 Å². The van der Waals surface area contributed by atoms with E-state index in [1.807, 2.05) is 87.1 Å². The van der Waals surface area contributed by atoms with Gasteiger partial charge >= 0.3 is 0 Å². The van der Waals surface area contributed by atoms with Crippen molar-refractivity contribution in [2.75, 3.05) is 24.3 Å². The molecule has 1 atom stereocenters. The molecular weight excluding hydrogens is 386 g/mol. The van der Waals surface area contributed by atoms with Crippen molar-refractivity contribution >= 4 is 23.2 Å². The minimum absolute atomic E-state index is 0.0197. The third-order valence-electron chi connectivity index (χ3n) is 5.68. The summed E-state index contributed by atoms with van der Waals surface area (Å²) < 4.78 is 0. The molecule has 0 saturated heterocycles. The van der Waals surface area contributed by atoms with E-state index >= 15 is 0 Å². The predicted molar refractivity (Wildman–Crippen MR) is 130 cm³/mol. The van der Waals surface area contributed by atoms with E-state index in [0.717, 1.165) is 22.5 Å². The lowest BCUT2D eigenvalue weighted by Crippen LogP contribution is -2.41. The molecule has 168 valence electrons. The van der Waals surface area contributed by atoms with Gasteiger partial charge in [0.25, 0.3) is 5.91 Å². The molecule has 0 unspecified atom stereocenters. The summed E-state index contributed by atoms with van der Waals surface area (Å²) in [5.41, 5.74) is 4.54. The van der Waals surface area contributed by atoms with E-state index in [-0.39, 0.29) is 23.8 Å². The number of benzene rings is 2. The molecule has 31 heavy (non-hydrogen) atoms. The first kappa shape index (κ1) is 24.4. The van der Waals surface area contributed by atoms with E-state index in [9.17, 15) is 9.59 Å². The van der Waals surface area contributed by atoms with Gasteiger partial charge in [-0.05, 0) is 55.7 Å². The summed E-state index contributed by atoms with van der Waals surface area (Å²) in [7, 11) is 3.98. The zero-order valence-electron chi connectivity index (χ0n) is 20.2. The van der Waals surface area contributed by atoms with Gasteiger partial charge in [-0.3, -0.25) is 9.59 Å². The van der Waals surface area contributed by atoms with Crippen LogP contribution in [0.25, 0.3) is 0 Å². The minimum atomic E-state index is -0.0997. The van der Waals surface area contributed by atoms with E-state index < -0.39 is 0 Å². The van der Waals surface area contributed by atoms with Crippen molar-refractivity contribution < 1.29 is 9.59 Å². The number of nitrogens with one attached hydrogen (secondary N) is 1. The van der Waals surface area contributed by atoms with Crippen LogP contribution < -0.4 is 10.2 Å². The molecule has 0 radical (unpaired) electrons. The fourth-order valence-corrected chi connectivity index (χ4v) is 3.40. The Kier molecular flexibility index (Phi) is 8.26. The number of carbonyl (C=O) groups excluding carboxylic acids is 2. The number of rotatable bonds is 8. The van der Waals surface area contributed by atoms with Crippen molar-refractivity contribution in [3.05, 3.63) is 59.2 Å². The topological polar surface area (TPSA) is 52.7 Å². The van der Waals surface area contributed by atoms with Crippen molar-refractivity contribution in [1.29, 1.82) is 0 Å². The number of anilines is 2. The quantitative estimate of drug-likeness (QED) is 0.623. The van der Waals surface area contributed by atoms with Crippen LogP contribution in [-0.4, -0.2) is 36.9 Å². The van der Waals surface area contributed by atoms with Crippen LogP contribution in [0.1, 0.15) is 56.1 Å². The van der Waals surface area contributed by atoms with Crippen LogP contribution in [0, 0.1) is 18.8 Å². The molecule has 0 heterocycles. The van der Waals surface area contributed by atoms with Crippen LogP contribution in [0.4, 0.5) is 11.4 Å². The molecule has 0 fully saturated rings. The van der Waals surface area contributed by atoms with Gasteiger partial charge in [-0.2, -0.15) is 0 Å². The Bertz CT molecular complexity index is 919. The fraction of sp³-hybridized carbons (Fsp3) is 0.462. The summed E-state index contributed by atoms with van der Waals surface area (Å²) >= 11 is 0. The number of hydrogen-bond acceptors (Lipinski definition) is 3. The number of carbonyl (C=O) groups is 2. The van der Waals surface area contributed by atoms with Gasteiger partial charge in [-0.1, -0.05) is 45.4 Å². The van der Waals surface area contributed by atoms with Gasteiger partial charge in [0.05, 0.1) is 0 Å². The predicted octanol–water partition coefficient (Wildman–Crippen LogP) is 5.34. The Morgan fingerprint density at radius 1 is 0.968 bits per heavy atom. The molecule has 2 aromatic carbocycles. The van der Waals surface area contributed by atoms with Crippen LogP contribution in [0.3, 0.4) is 0 Å². The van der Waals surface area contributed by atoms with Crippen LogP contribution in [0.15, 0.2) is 42.5 Å². The standard InChI is InChI=1S/C26H37N3O2/c1-17(2)20(6)29(26(31)21-11-9-10-19(5)14-21)16-22-15-23(27-25(30)18(3)4)12-13-24(22)28(7)8/h9-15,17-18,20H,16H2,1-8H3,(H,27,30)/t20-/m0/s1. The molecule has 0 aliphatic carbocycles. The first-order valence-electron chi connectivity index (χ1n) is 11.0. The summed E-state index contributed by atoms with van der Waals surface area (Å²) in [6.45, 7) is 12.6. The summed E-state index contributed by atoms with van der Waals surface area (Å²) in [5, 5.41) is 2.98. The molecule has 0 aliphatic heterocycles. The van der Waals surface area contributed by atoms with Crippen molar-refractivity contribution in [2.24, 2.45) is 11.8 Å². The maximum atomic E-state index is 13.5. The lowest BCUT2D eigenvalue weighted by atomic mass is 10.0. The van der Waals surface area contributed by atoms with Gasteiger partial charge in [0.1, 0.15) is 0 Å². The number of amides is 2. The van der Waals surface area contributed by atoms with Gasteiger partial charge in [0.15, 0.2) is 0 Å². The number of aryl methyl sites for hydroxylation is 1. The Morgan fingerprint density at radius 2 is 1.65 bits per heavy atom. The van der Waals surface area contributed by atoms with Crippen molar-refractivity contribution in [1.82, 2.24) is 4.90 Å². The van der Waals surface area contributed by atoms with Crippen LogP contribution >= 0.6 is 0 Å². The molecular formula is C26H37N3O2. The van der Waals surface area contributed by atoms with Gasteiger partial charge in [-0.25, -0.2) is 0 Å². The molecule has 2 aromatic rings. The molecule has 0 saturated carbocycles. The Hall–Kier alpha value is -2.82. The smallest absolute Gasteiger partial charge is 0.254 e. The highest BCUT2D eigenvalue weighted by molar-refractivity contribution is 5.95. The van der Waals surface area contributed by atoms with E-state index in [0.29, 0.717) is 18.0 Å². The summed E-state index contributed by atoms with van der Waals surface area (Å²) in [4.78, 5) is 29.7. The lowest BCUT2D eigenvalue weighted by molar-refractivity contribution is -0.118. The summed E-state index contributed by atoms with van der Waals surface area (Å²) in [5.74, 6) is 0.204. The maximum Gasteiger partial charge on any atom is 0.254 e. The molecule has 0 aromatic heterocycles. The molecule has 5 nitrogen and oxygen atoms in total. The molecule has 1 N–H and O–H groups in total. The molecule has 0 bridgehead atoms. The van der Waals surface area contributed by atoms with E-state index in [1.54, 1.807) is 0 Å². The second-order valence-electron chi connectivity index (χ2n) is 9.17. The average Bonchev–Trinajstić information content (AvgIpc) is 2.70. The van der Waals surface area contributed by atoms with E-state index in [4.69, 9.17) is 0 Å². The van der Waals surface area contributed by atoms with E-state index in [2.05, 4.69) is 26.1 Å². The molecule has 5 heteroatoms. The van der Waals surface area contributed by atoms with Gasteiger partial charge in [0, 0.05) is 49.5 Å². The Balaban J connectivity index is 2.46. The van der Waals surface area contributed by atoms with Crippen LogP contribution in [0.2, 0.25) is 0 Å². The average molecular weight is 424 g/mol. The van der Waals surface area contributed by atoms with Crippen molar-refractivity contribution in [3.63, 3.8) is 0 Å². The van der Waals surface area contributed by atoms with Gasteiger partial charge in [0.2, 0.25) is 5.91 Å². The highest BCUT2D eigenvalue weighted by Crippen LogP contribution is 2.27. The van der Waals surface area contributed by atoms with Gasteiger partial charge in [-0.15, -0.1) is 0 Å². The minimum Gasteiger partial charge on any atom is -0.377 e. The summed E-state index contributed by atoms with van der Waals surface area (Å²) in [6.07, 6.45) is 0. The third kappa shape index (κ3) is 6.33. The first-order valence-corrected chi connectivity index (χ1v) is 11.0. The molecule has 2 amide bonds. The third-order valence-corrected chi connectivity index (χ3v) is 5.68. The molecule has 0 spiro atoms. The largest absolute Gasteiger partial charge is 0.377 e. The van der Waals surface area contributed by atoms with Gasteiger partial charge < -0.3 is 15.1 Å². The highest BCUT2D eigenvalue weighted by atomic mass is 16.2. The lowest BCUT2D eigenvalue weighted by Gasteiger charge is -2.33. The molecule has 0 aliphatic rings. The second-order valence-corrected chi connectivity index (χ2v) is 9.17. The zero-order valence-corrected chi connectivity index (χ0v) is 20.2. The summed E-state index contributed by atoms with van der Waals surface area (Å²) in [6, 6.07) is 13.7. The highest BCUT2D eigenvalue weighted by Gasteiger charge is 2.25. The van der Waals surface area contributed by atoms with Crippen LogP contribution in [-0.2, 0) is 11.3 Å². The van der Waals surface area contributed by atoms with E-state index in [1.165, 1.54) is 0 Å². The number of hydrogen-bond donors (Lipinski definition) is 1.